The van der Waals surface area contributed by atoms with E-state index in [1.54, 1.807) is 25.1 Å². The lowest BCUT2D eigenvalue weighted by molar-refractivity contribution is -0.128. The van der Waals surface area contributed by atoms with E-state index >= 15 is 0 Å². The highest BCUT2D eigenvalue weighted by Crippen LogP contribution is 2.18. The first-order chi connectivity index (χ1) is 7.99. The molecule has 17 heavy (non-hydrogen) atoms. The molecule has 0 radical (unpaired) electrons. The lowest BCUT2D eigenvalue weighted by Gasteiger charge is -2.10. The number of rotatable bonds is 5. The van der Waals surface area contributed by atoms with Gasteiger partial charge in [-0.15, -0.1) is 0 Å². The van der Waals surface area contributed by atoms with Crippen LogP contribution in [0.2, 0.25) is 10.0 Å². The molecule has 3 nitrogen and oxygen atoms in total. The minimum absolute atomic E-state index is 0.113. The Morgan fingerprint density at radius 3 is 2.35 bits per heavy atom. The van der Waals surface area contributed by atoms with Gasteiger partial charge in [0.2, 0.25) is 5.91 Å². The first kappa shape index (κ1) is 14.3. The third-order valence-electron chi connectivity index (χ3n) is 2.27. The van der Waals surface area contributed by atoms with Crippen molar-refractivity contribution in [3.63, 3.8) is 0 Å². The molecule has 0 bridgehead atoms. The van der Waals surface area contributed by atoms with Gasteiger partial charge in [-0.1, -0.05) is 23.2 Å². The summed E-state index contributed by atoms with van der Waals surface area (Å²) in [4.78, 5) is 12.9. The highest BCUT2D eigenvalue weighted by Gasteiger charge is 2.03. The zero-order valence-corrected chi connectivity index (χ0v) is 11.5. The number of carbonyl (C=O) groups is 1. The number of halogens is 2. The molecule has 0 fully saturated rings. The van der Waals surface area contributed by atoms with E-state index in [1.807, 2.05) is 12.1 Å². The number of hydrogen-bond donors (Lipinski definition) is 1. The van der Waals surface area contributed by atoms with Crippen LogP contribution in [0.3, 0.4) is 0 Å². The minimum Gasteiger partial charge on any atom is -0.349 e. The SMILES string of the molecule is CN(C)C(=O)CCNCc1cc(Cl)cc(Cl)c1. The molecule has 5 heteroatoms. The van der Waals surface area contributed by atoms with Crippen LogP contribution in [0.1, 0.15) is 12.0 Å². The van der Waals surface area contributed by atoms with E-state index in [-0.39, 0.29) is 5.91 Å². The molecule has 0 atom stereocenters. The van der Waals surface area contributed by atoms with E-state index in [2.05, 4.69) is 5.32 Å². The van der Waals surface area contributed by atoms with Crippen LogP contribution in [0.25, 0.3) is 0 Å². The van der Waals surface area contributed by atoms with Crippen molar-refractivity contribution in [2.75, 3.05) is 20.6 Å². The largest absolute Gasteiger partial charge is 0.349 e. The molecule has 0 aliphatic rings. The Hall–Kier alpha value is -0.770. The molecule has 0 saturated heterocycles. The lowest BCUT2D eigenvalue weighted by atomic mass is 10.2. The molecule has 1 rings (SSSR count). The van der Waals surface area contributed by atoms with E-state index in [0.717, 1.165) is 5.56 Å². The van der Waals surface area contributed by atoms with Crippen LogP contribution < -0.4 is 5.32 Å². The van der Waals surface area contributed by atoms with Crippen LogP contribution in [0, 0.1) is 0 Å². The van der Waals surface area contributed by atoms with E-state index in [9.17, 15) is 4.79 Å². The molecular formula is C12H16Cl2N2O. The van der Waals surface area contributed by atoms with Crippen molar-refractivity contribution in [2.45, 2.75) is 13.0 Å². The fourth-order valence-corrected chi connectivity index (χ4v) is 1.94. The van der Waals surface area contributed by atoms with E-state index in [0.29, 0.717) is 29.6 Å². The monoisotopic (exact) mass is 274 g/mol. The third kappa shape index (κ3) is 5.39. The minimum atomic E-state index is 0.113. The van der Waals surface area contributed by atoms with Gasteiger partial charge in [0, 0.05) is 43.7 Å². The molecule has 0 aromatic heterocycles. The molecule has 1 N–H and O–H groups in total. The summed E-state index contributed by atoms with van der Waals surface area (Å²) in [7, 11) is 3.50. The van der Waals surface area contributed by atoms with Gasteiger partial charge in [0.05, 0.1) is 0 Å². The zero-order chi connectivity index (χ0) is 12.8. The standard InChI is InChI=1S/C12H16Cl2N2O/c1-16(2)12(17)3-4-15-8-9-5-10(13)7-11(14)6-9/h5-7,15H,3-4,8H2,1-2H3. The van der Waals surface area contributed by atoms with Crippen molar-refractivity contribution in [1.29, 1.82) is 0 Å². The molecule has 0 unspecified atom stereocenters. The van der Waals surface area contributed by atoms with Gasteiger partial charge in [0.1, 0.15) is 0 Å². The lowest BCUT2D eigenvalue weighted by Crippen LogP contribution is -2.26. The molecule has 0 heterocycles. The summed E-state index contributed by atoms with van der Waals surface area (Å²) < 4.78 is 0. The second-order valence-electron chi connectivity index (χ2n) is 3.99. The summed E-state index contributed by atoms with van der Waals surface area (Å²) in [6.07, 6.45) is 0.487. The molecule has 0 spiro atoms. The van der Waals surface area contributed by atoms with Gasteiger partial charge in [-0.05, 0) is 23.8 Å². The summed E-state index contributed by atoms with van der Waals surface area (Å²) in [6.45, 7) is 1.29. The fraction of sp³-hybridized carbons (Fsp3) is 0.417. The van der Waals surface area contributed by atoms with Crippen LogP contribution in [0.4, 0.5) is 0 Å². The van der Waals surface area contributed by atoms with Gasteiger partial charge >= 0.3 is 0 Å². The van der Waals surface area contributed by atoms with Crippen molar-refractivity contribution in [1.82, 2.24) is 10.2 Å². The smallest absolute Gasteiger partial charge is 0.223 e. The number of nitrogens with one attached hydrogen (secondary N) is 1. The summed E-state index contributed by atoms with van der Waals surface area (Å²) in [5, 5.41) is 4.42. The van der Waals surface area contributed by atoms with E-state index < -0.39 is 0 Å². The number of benzene rings is 1. The average molecular weight is 275 g/mol. The van der Waals surface area contributed by atoms with Gasteiger partial charge in [0.15, 0.2) is 0 Å². The summed E-state index contributed by atoms with van der Waals surface area (Å²) in [5.41, 5.74) is 1.01. The summed E-state index contributed by atoms with van der Waals surface area (Å²) >= 11 is 11.8. The van der Waals surface area contributed by atoms with Crippen LogP contribution >= 0.6 is 23.2 Å². The van der Waals surface area contributed by atoms with Crippen LogP contribution in [-0.4, -0.2) is 31.4 Å². The molecule has 94 valence electrons. The van der Waals surface area contributed by atoms with Gasteiger partial charge < -0.3 is 10.2 Å². The summed E-state index contributed by atoms with van der Waals surface area (Å²) in [5.74, 6) is 0.113. The second kappa shape index (κ2) is 6.84. The van der Waals surface area contributed by atoms with E-state index in [1.165, 1.54) is 0 Å². The van der Waals surface area contributed by atoms with Crippen LogP contribution in [0.15, 0.2) is 18.2 Å². The Bertz CT molecular complexity index is 374. The topological polar surface area (TPSA) is 32.3 Å². The number of hydrogen-bond acceptors (Lipinski definition) is 2. The van der Waals surface area contributed by atoms with Crippen molar-refractivity contribution in [3.05, 3.63) is 33.8 Å². The molecule has 0 aliphatic heterocycles. The predicted molar refractivity (Wildman–Crippen MR) is 71.5 cm³/mol. The molecular weight excluding hydrogens is 259 g/mol. The van der Waals surface area contributed by atoms with Crippen molar-refractivity contribution >= 4 is 29.1 Å². The predicted octanol–water partition coefficient (Wildman–Crippen LogP) is 2.56. The quantitative estimate of drug-likeness (QED) is 0.838. The van der Waals surface area contributed by atoms with E-state index in [4.69, 9.17) is 23.2 Å². The molecule has 1 amide bonds. The third-order valence-corrected chi connectivity index (χ3v) is 2.70. The van der Waals surface area contributed by atoms with Crippen LogP contribution in [0.5, 0.6) is 0 Å². The van der Waals surface area contributed by atoms with Gasteiger partial charge in [-0.2, -0.15) is 0 Å². The zero-order valence-electron chi connectivity index (χ0n) is 9.96. The average Bonchev–Trinajstić information content (AvgIpc) is 2.22. The Kier molecular flexibility index (Phi) is 5.75. The number of carbonyl (C=O) groups excluding carboxylic acids is 1. The summed E-state index contributed by atoms with van der Waals surface area (Å²) in [6, 6.07) is 5.41. The Morgan fingerprint density at radius 1 is 1.24 bits per heavy atom. The van der Waals surface area contributed by atoms with Gasteiger partial charge in [-0.3, -0.25) is 4.79 Å². The van der Waals surface area contributed by atoms with Crippen molar-refractivity contribution in [3.8, 4) is 0 Å². The molecule has 1 aromatic carbocycles. The Labute approximate surface area is 112 Å². The van der Waals surface area contributed by atoms with Crippen molar-refractivity contribution < 1.29 is 4.79 Å². The van der Waals surface area contributed by atoms with Crippen LogP contribution in [-0.2, 0) is 11.3 Å². The highest BCUT2D eigenvalue weighted by molar-refractivity contribution is 6.34. The Morgan fingerprint density at radius 2 is 1.82 bits per heavy atom. The highest BCUT2D eigenvalue weighted by atomic mass is 35.5. The normalized spacial score (nSPS) is 10.4. The Balaban J connectivity index is 2.33. The maximum atomic E-state index is 11.3. The molecule has 0 aliphatic carbocycles. The number of amides is 1. The fourth-order valence-electron chi connectivity index (χ4n) is 1.36. The first-order valence-electron chi connectivity index (χ1n) is 5.35. The van der Waals surface area contributed by atoms with Gasteiger partial charge in [0.25, 0.3) is 0 Å². The van der Waals surface area contributed by atoms with Crippen molar-refractivity contribution in [2.24, 2.45) is 0 Å². The molecule has 0 saturated carbocycles. The maximum absolute atomic E-state index is 11.3. The maximum Gasteiger partial charge on any atom is 0.223 e. The molecule has 1 aromatic rings. The van der Waals surface area contributed by atoms with Gasteiger partial charge in [-0.25, -0.2) is 0 Å². The number of nitrogens with zero attached hydrogens (tertiary/aromatic N) is 1. The second-order valence-corrected chi connectivity index (χ2v) is 4.87. The first-order valence-corrected chi connectivity index (χ1v) is 6.10.